The molecule has 0 saturated carbocycles. The van der Waals surface area contributed by atoms with E-state index in [4.69, 9.17) is 36.2 Å². The normalized spacial score (nSPS) is 11.6. The lowest BCUT2D eigenvalue weighted by Crippen LogP contribution is -2.54. The van der Waals surface area contributed by atoms with Crippen molar-refractivity contribution in [2.45, 2.75) is 368 Å². The van der Waals surface area contributed by atoms with E-state index in [0.29, 0.717) is 110 Å². The standard InChI is InChI=1S/C55H112N8O11Si3.C24H36N6O6.C10H25NO2Si/c1-13-16-38-58(41-33-48-76(11,71-5)72-6)50(64)35-26-20-19-23-29-44-61-53(67)62(45-30-24-21-27-36-56-51(65)59(39-17-14-2)42-32-47-75(9,10)70-4)55(69)63(54(61)68)46-31-25-22-28-37-57-52(66)60(40-18-15-3)43-34-49-77(12,73-7)74-8;25-19-36-18-12-6-5-11-17-30-23(34)28(15-9-3-1-7-13-26-20-31)22(33)29(24(30)35)16-10-4-2-8-14-27-21-32;1-5-6-8-11-9-7-10-14(4,12-2)13-3/h13-49H2,1-12H3,(H,56,65)(H,57,66);1-18H2;11H,5-10H2,1-4H3. The van der Waals surface area contributed by atoms with Gasteiger partial charge in [-0.3, -0.25) is 4.79 Å². The SMILES string of the molecule is CCCCN(CCC[Si](C)(OC)OC)C(=O)CCCCCCCn1c(=O)n(CCCCCCNC(=O)N(CCCC)CCC[Si](C)(C)OC)c(=O)n(CCCCCCNC(=O)N(CCCC)CCC[Si](C)(OC)OC)c1=O.CCCCNCCC[Si](C)(OC)OC.N#COCCCCCCn1c(=O)n(CCCCCCN=C=O)c(=O)n(CCCCCCN=C=O)c1=O. The van der Waals surface area contributed by atoms with Crippen molar-refractivity contribution in [1.29, 1.82) is 5.26 Å². The summed E-state index contributed by atoms with van der Waals surface area (Å²) in [6, 6.07) is 3.59. The molecule has 0 radical (unpaired) electrons. The van der Waals surface area contributed by atoms with Crippen molar-refractivity contribution in [3.8, 4) is 6.26 Å². The third-order valence-electron chi connectivity index (χ3n) is 23.5. The van der Waals surface area contributed by atoms with E-state index in [9.17, 15) is 52.7 Å². The Morgan fingerprint density at radius 2 is 0.622 bits per heavy atom. The molecule has 0 aliphatic heterocycles. The smallest absolute Gasteiger partial charge is 0.336 e. The van der Waals surface area contributed by atoms with E-state index in [1.807, 2.05) is 27.8 Å². The fourth-order valence-electron chi connectivity index (χ4n) is 14.3. The van der Waals surface area contributed by atoms with Gasteiger partial charge in [0.15, 0.2) is 8.32 Å². The quantitative estimate of drug-likeness (QED) is 0.0182. The molecule has 0 saturated heterocycles. The number of unbranched alkanes of at least 4 members (excludes halogenated alkanes) is 23. The van der Waals surface area contributed by atoms with E-state index in [-0.39, 0.29) is 57.2 Å². The second-order valence-corrected chi connectivity index (χ2v) is 49.2. The number of carbonyl (C=O) groups excluding carboxylic acids is 5. The molecule has 0 bridgehead atoms. The van der Waals surface area contributed by atoms with Crippen molar-refractivity contribution in [1.82, 2.24) is 58.1 Å². The van der Waals surface area contributed by atoms with Gasteiger partial charge in [-0.15, -0.1) is 0 Å². The van der Waals surface area contributed by atoms with E-state index in [1.54, 1.807) is 56.0 Å². The Hall–Kier alpha value is -6.57. The summed E-state index contributed by atoms with van der Waals surface area (Å²) in [6.07, 6.45) is 35.6. The number of aliphatic imine (C=N–C) groups is 2. The van der Waals surface area contributed by atoms with Crippen LogP contribution in [0.1, 0.15) is 272 Å². The molecule has 127 heavy (non-hydrogen) atoms. The molecule has 2 aromatic rings. The third kappa shape index (κ3) is 54.8. The first kappa shape index (κ1) is 120. The van der Waals surface area contributed by atoms with Crippen LogP contribution in [0, 0.1) is 11.5 Å². The Kier molecular flexibility index (Phi) is 72.1. The fourth-order valence-corrected chi connectivity index (χ4v) is 19.6. The fraction of sp³-hybridized carbons (Fsp3) is 0.865. The molecule has 5 amide bonds. The summed E-state index contributed by atoms with van der Waals surface area (Å²) in [5.41, 5.74) is -3.48. The van der Waals surface area contributed by atoms with Crippen LogP contribution in [0.2, 0.25) is 56.9 Å². The third-order valence-corrected chi connectivity index (χ3v) is 35.1. The predicted molar refractivity (Wildman–Crippen MR) is 514 cm³/mol. The molecule has 3 N–H and O–H groups in total. The average Bonchev–Trinajstić information content (AvgIpc) is 0.790. The largest absolute Gasteiger partial charge is 0.428 e. The van der Waals surface area contributed by atoms with Crippen molar-refractivity contribution >= 4 is 64.1 Å². The first-order valence-electron chi connectivity index (χ1n) is 48.0. The maximum absolute atomic E-state index is 13.9. The summed E-state index contributed by atoms with van der Waals surface area (Å²) < 4.78 is 50.8. The van der Waals surface area contributed by atoms with Crippen molar-refractivity contribution in [2.75, 3.05) is 135 Å². The Morgan fingerprint density at radius 1 is 0.339 bits per heavy atom. The lowest BCUT2D eigenvalue weighted by molar-refractivity contribution is -0.131. The van der Waals surface area contributed by atoms with E-state index >= 15 is 0 Å². The van der Waals surface area contributed by atoms with Crippen LogP contribution in [0.25, 0.3) is 0 Å². The highest BCUT2D eigenvalue weighted by Crippen LogP contribution is 2.20. The van der Waals surface area contributed by atoms with Crippen molar-refractivity contribution < 1.29 is 59.7 Å². The maximum atomic E-state index is 13.9. The van der Waals surface area contributed by atoms with Crippen LogP contribution in [-0.2, 0) is 89.4 Å². The summed E-state index contributed by atoms with van der Waals surface area (Å²) in [5, 5.41) is 18.0. The van der Waals surface area contributed by atoms with Crippen LogP contribution in [0.5, 0.6) is 0 Å². The molecular formula is C89H173N15O19Si4. The molecular weight excluding hydrogens is 1700 g/mol. The van der Waals surface area contributed by atoms with E-state index in [0.717, 1.165) is 244 Å². The number of aromatic nitrogens is 6. The number of nitrogens with zero attached hydrogens (tertiary/aromatic N) is 12. The number of urea groups is 2. The van der Waals surface area contributed by atoms with Gasteiger partial charge in [-0.25, -0.2) is 85.3 Å². The summed E-state index contributed by atoms with van der Waals surface area (Å²) in [4.78, 5) is 153. The molecule has 0 unspecified atom stereocenters. The van der Waals surface area contributed by atoms with Gasteiger partial charge < -0.3 is 66.4 Å². The number of ether oxygens (including phenoxy) is 1. The molecule has 734 valence electrons. The lowest BCUT2D eigenvalue weighted by atomic mass is 10.1. The van der Waals surface area contributed by atoms with Crippen molar-refractivity contribution in [2.24, 2.45) is 9.98 Å². The number of hydrogen-bond donors (Lipinski definition) is 3. The average molecular weight is 1870 g/mol. The van der Waals surface area contributed by atoms with Gasteiger partial charge in [-0.2, -0.15) is 5.26 Å². The van der Waals surface area contributed by atoms with Gasteiger partial charge in [0.25, 0.3) is 6.26 Å². The molecule has 0 fully saturated rings. The molecule has 38 heteroatoms. The minimum absolute atomic E-state index is 0.0376. The number of amides is 5. The van der Waals surface area contributed by atoms with Crippen molar-refractivity contribution in [3.05, 3.63) is 62.9 Å². The topological polar surface area (TPSA) is 386 Å². The highest BCUT2D eigenvalue weighted by atomic mass is 28.4. The second-order valence-electron chi connectivity index (χ2n) is 34.1. The molecule has 0 aromatic carbocycles. The number of hydrogen-bond acceptors (Lipinski definition) is 23. The van der Waals surface area contributed by atoms with E-state index in [1.165, 1.54) is 38.7 Å². The summed E-state index contributed by atoms with van der Waals surface area (Å²) in [7, 11) is 4.11. The number of carbonyl (C=O) groups is 3. The molecule has 0 aliphatic carbocycles. The van der Waals surface area contributed by atoms with E-state index in [2.05, 4.69) is 78.0 Å². The summed E-state index contributed by atoms with van der Waals surface area (Å²) in [6.45, 7) is 29.1. The Morgan fingerprint density at radius 3 is 0.953 bits per heavy atom. The second kappa shape index (κ2) is 76.0. The number of nitrogens with one attached hydrogen (secondary N) is 3. The van der Waals surface area contributed by atoms with E-state index < -0.39 is 68.1 Å². The molecule has 2 rings (SSSR count). The highest BCUT2D eigenvalue weighted by Gasteiger charge is 2.31. The zero-order valence-electron chi connectivity index (χ0n) is 81.8. The molecule has 2 aromatic heterocycles. The highest BCUT2D eigenvalue weighted by molar-refractivity contribution is 6.71. The number of nitriles is 1. The zero-order valence-corrected chi connectivity index (χ0v) is 85.8. The molecule has 34 nitrogen and oxygen atoms in total. The molecule has 0 aliphatic rings. The van der Waals surface area contributed by atoms with Crippen molar-refractivity contribution in [3.63, 3.8) is 0 Å². The monoisotopic (exact) mass is 1870 g/mol. The Bertz CT molecular complexity index is 3570. The molecule has 2 heterocycles. The van der Waals surface area contributed by atoms with Gasteiger partial charge in [0.2, 0.25) is 18.1 Å². The van der Waals surface area contributed by atoms with Crippen LogP contribution in [-0.4, -0.2) is 241 Å². The van der Waals surface area contributed by atoms with Crippen LogP contribution in [0.4, 0.5) is 9.59 Å². The number of rotatable bonds is 78. The van der Waals surface area contributed by atoms with Gasteiger partial charge in [0, 0.05) is 148 Å². The minimum atomic E-state index is -2.22. The Balaban J connectivity index is 0.00000258. The van der Waals surface area contributed by atoms with Gasteiger partial charge in [0.05, 0.1) is 13.1 Å². The van der Waals surface area contributed by atoms with Gasteiger partial charge in [-0.1, -0.05) is 130 Å². The zero-order chi connectivity index (χ0) is 94.8. The van der Waals surface area contributed by atoms with Crippen LogP contribution in [0.3, 0.4) is 0 Å². The van der Waals surface area contributed by atoms with Crippen LogP contribution < -0.4 is 50.1 Å². The number of isocyanates is 2. The maximum Gasteiger partial charge on any atom is 0.336 e. The first-order valence-corrected chi connectivity index (χ1v) is 58.7. The summed E-state index contributed by atoms with van der Waals surface area (Å²) >= 11 is 0. The first-order chi connectivity index (χ1) is 61.1. The Labute approximate surface area is 765 Å². The van der Waals surface area contributed by atoms with Gasteiger partial charge in [0.1, 0.15) is 6.61 Å². The van der Waals surface area contributed by atoms with Crippen LogP contribution >= 0.6 is 0 Å². The van der Waals surface area contributed by atoms with Gasteiger partial charge in [-0.05, 0) is 205 Å². The molecule has 0 spiro atoms. The minimum Gasteiger partial charge on any atom is -0.428 e. The molecule has 0 atom stereocenters. The summed E-state index contributed by atoms with van der Waals surface area (Å²) in [5.74, 6) is 0.176. The lowest BCUT2D eigenvalue weighted by Gasteiger charge is -2.26. The van der Waals surface area contributed by atoms with Gasteiger partial charge >= 0.3 is 71.9 Å². The predicted octanol–water partition coefficient (Wildman–Crippen LogP) is 13.8. The van der Waals surface area contributed by atoms with Crippen LogP contribution in [0.15, 0.2) is 38.8 Å².